The van der Waals surface area contributed by atoms with E-state index in [0.29, 0.717) is 24.6 Å². The Morgan fingerprint density at radius 3 is 1.90 bits per heavy atom. The molecule has 1 atom stereocenters. The molecule has 39 heavy (non-hydrogen) atoms. The third-order valence-corrected chi connectivity index (χ3v) is 7.58. The topological polar surface area (TPSA) is 103 Å². The average molecular weight is 540 g/mol. The molecule has 0 spiro atoms. The fourth-order valence-corrected chi connectivity index (χ4v) is 4.01. The van der Waals surface area contributed by atoms with Crippen LogP contribution in [0.3, 0.4) is 0 Å². The second kappa shape index (κ2) is 15.3. The van der Waals surface area contributed by atoms with Crippen molar-refractivity contribution < 1.29 is 19.2 Å². The molecule has 0 saturated carbocycles. The fraction of sp³-hybridized carbons (Fsp3) is 0.581. The molecule has 2 rings (SSSR count). The molecule has 1 unspecified atom stereocenters. The summed E-state index contributed by atoms with van der Waals surface area (Å²) in [6.45, 7) is 14.2. The van der Waals surface area contributed by atoms with Gasteiger partial charge in [-0.3, -0.25) is 14.9 Å². The number of benzene rings is 2. The highest BCUT2D eigenvalue weighted by molar-refractivity contribution is 5.73. The number of rotatable bonds is 17. The first-order chi connectivity index (χ1) is 18.5. The molecule has 0 radical (unpaired) electrons. The Morgan fingerprint density at radius 2 is 1.38 bits per heavy atom. The van der Waals surface area contributed by atoms with Crippen molar-refractivity contribution in [3.63, 3.8) is 0 Å². The van der Waals surface area contributed by atoms with Gasteiger partial charge >= 0.3 is 5.97 Å². The molecular weight excluding hydrogens is 494 g/mol. The Bertz CT molecular complexity index is 1060. The van der Waals surface area contributed by atoms with Crippen molar-refractivity contribution in [3.05, 3.63) is 58.6 Å². The maximum atomic E-state index is 12.9. The molecule has 214 valence electrons. The number of nitro groups is 1. The largest absolute Gasteiger partial charge is 0.494 e. The number of hydrogen-bond donors (Lipinski definition) is 0. The Labute approximate surface area is 233 Å². The lowest BCUT2D eigenvalue weighted by Gasteiger charge is -2.37. The molecular formula is C31H45N3O5. The molecule has 8 nitrogen and oxygen atoms in total. The van der Waals surface area contributed by atoms with Gasteiger partial charge < -0.3 is 9.47 Å². The van der Waals surface area contributed by atoms with Gasteiger partial charge in [0.2, 0.25) is 0 Å². The Hall–Kier alpha value is -3.29. The molecule has 0 saturated heterocycles. The first kappa shape index (κ1) is 31.9. The van der Waals surface area contributed by atoms with Crippen molar-refractivity contribution in [3.8, 4) is 5.75 Å². The van der Waals surface area contributed by atoms with Crippen molar-refractivity contribution in [2.45, 2.75) is 86.5 Å². The zero-order chi connectivity index (χ0) is 28.9. The van der Waals surface area contributed by atoms with Crippen LogP contribution in [0, 0.1) is 26.9 Å². The predicted molar refractivity (Wildman–Crippen MR) is 155 cm³/mol. The van der Waals surface area contributed by atoms with Crippen molar-refractivity contribution in [1.29, 1.82) is 0 Å². The van der Waals surface area contributed by atoms with E-state index < -0.39 is 4.92 Å². The minimum Gasteiger partial charge on any atom is -0.494 e. The van der Waals surface area contributed by atoms with Crippen LogP contribution >= 0.6 is 0 Å². The Balaban J connectivity index is 1.66. The summed E-state index contributed by atoms with van der Waals surface area (Å²) in [4.78, 5) is 23.2. The lowest BCUT2D eigenvalue weighted by atomic mass is 9.68. The number of carbonyl (C=O) groups is 1. The minimum atomic E-state index is -0.448. The molecule has 0 bridgehead atoms. The molecule has 0 amide bonds. The van der Waals surface area contributed by atoms with Gasteiger partial charge in [-0.05, 0) is 79.3 Å². The van der Waals surface area contributed by atoms with Gasteiger partial charge in [-0.25, -0.2) is 0 Å². The highest BCUT2D eigenvalue weighted by Gasteiger charge is 2.38. The molecule has 0 heterocycles. The second-order valence-corrected chi connectivity index (χ2v) is 11.5. The average Bonchev–Trinajstić information content (AvgIpc) is 2.92. The number of esters is 1. The number of nitrogens with zero attached hydrogens (tertiary/aromatic N) is 3. The molecule has 0 N–H and O–H groups in total. The first-order valence-electron chi connectivity index (χ1n) is 14.0. The highest BCUT2D eigenvalue weighted by Crippen LogP contribution is 2.40. The highest BCUT2D eigenvalue weighted by atomic mass is 16.6. The van der Waals surface area contributed by atoms with Crippen molar-refractivity contribution in [2.75, 3.05) is 13.2 Å². The van der Waals surface area contributed by atoms with E-state index in [2.05, 4.69) is 51.8 Å². The predicted octanol–water partition coefficient (Wildman–Crippen LogP) is 9.37. The van der Waals surface area contributed by atoms with Crippen LogP contribution in [0.25, 0.3) is 0 Å². The SMILES string of the molecule is CCC(C)(C)CC(C(=O)OCCCCCCOc1ccc(N=Nc2ccc([N+](=O)[O-])cc2)cc1)C(C)(C)CC. The van der Waals surface area contributed by atoms with Crippen LogP contribution < -0.4 is 4.74 Å². The van der Waals surface area contributed by atoms with Gasteiger partial charge in [-0.1, -0.05) is 54.4 Å². The number of azo groups is 1. The smallest absolute Gasteiger partial charge is 0.309 e. The van der Waals surface area contributed by atoms with E-state index in [1.807, 2.05) is 24.3 Å². The third-order valence-electron chi connectivity index (χ3n) is 7.58. The molecule has 0 aromatic heterocycles. The number of hydrogen-bond acceptors (Lipinski definition) is 7. The number of nitro benzene ring substituents is 1. The summed E-state index contributed by atoms with van der Waals surface area (Å²) in [5.74, 6) is 0.626. The van der Waals surface area contributed by atoms with Gasteiger partial charge in [0.1, 0.15) is 5.75 Å². The molecule has 0 fully saturated rings. The van der Waals surface area contributed by atoms with E-state index in [-0.39, 0.29) is 28.4 Å². The summed E-state index contributed by atoms with van der Waals surface area (Å²) in [5, 5.41) is 19.0. The maximum Gasteiger partial charge on any atom is 0.309 e. The first-order valence-corrected chi connectivity index (χ1v) is 14.0. The van der Waals surface area contributed by atoms with Crippen LogP contribution in [0.1, 0.15) is 86.5 Å². The van der Waals surface area contributed by atoms with Gasteiger partial charge in [0.05, 0.1) is 35.4 Å². The van der Waals surface area contributed by atoms with E-state index in [4.69, 9.17) is 9.47 Å². The number of unbranched alkanes of at least 4 members (excludes halogenated alkanes) is 3. The number of ether oxygens (including phenoxy) is 2. The number of non-ortho nitro benzene ring substituents is 1. The van der Waals surface area contributed by atoms with E-state index in [1.54, 1.807) is 12.1 Å². The molecule has 0 aliphatic heterocycles. The fourth-order valence-electron chi connectivity index (χ4n) is 4.01. The van der Waals surface area contributed by atoms with Crippen molar-refractivity contribution >= 4 is 23.0 Å². The number of carbonyl (C=O) groups excluding carboxylic acids is 1. The zero-order valence-corrected chi connectivity index (χ0v) is 24.4. The lowest BCUT2D eigenvalue weighted by molar-refractivity contribution is -0.384. The standard InChI is InChI=1S/C31H45N3O5/c1-7-30(3,4)23-28(31(5,6)8-2)29(35)39-22-12-10-9-11-21-38-27-19-15-25(16-20-27)33-32-24-13-17-26(18-14-24)34(36)37/h13-20,28H,7-12,21-23H2,1-6H3. The summed E-state index contributed by atoms with van der Waals surface area (Å²) >= 11 is 0. The quantitative estimate of drug-likeness (QED) is 0.0655. The van der Waals surface area contributed by atoms with Crippen LogP contribution in [0.15, 0.2) is 58.8 Å². The minimum absolute atomic E-state index is 0.0190. The van der Waals surface area contributed by atoms with Crippen LogP contribution in [0.2, 0.25) is 0 Å². The normalized spacial score (nSPS) is 12.9. The van der Waals surface area contributed by atoms with Gasteiger partial charge in [0.25, 0.3) is 5.69 Å². The summed E-state index contributed by atoms with van der Waals surface area (Å²) in [6, 6.07) is 13.2. The third kappa shape index (κ3) is 11.2. The Morgan fingerprint density at radius 1 is 0.846 bits per heavy atom. The summed E-state index contributed by atoms with van der Waals surface area (Å²) in [7, 11) is 0. The molecule has 2 aromatic carbocycles. The van der Waals surface area contributed by atoms with Crippen LogP contribution in [0.5, 0.6) is 5.75 Å². The maximum absolute atomic E-state index is 12.9. The zero-order valence-electron chi connectivity index (χ0n) is 24.4. The van der Waals surface area contributed by atoms with Gasteiger partial charge in [0, 0.05) is 12.1 Å². The second-order valence-electron chi connectivity index (χ2n) is 11.5. The summed E-state index contributed by atoms with van der Waals surface area (Å²) < 4.78 is 11.5. The molecule has 2 aromatic rings. The van der Waals surface area contributed by atoms with Gasteiger partial charge in [-0.15, -0.1) is 0 Å². The van der Waals surface area contributed by atoms with Crippen molar-refractivity contribution in [1.82, 2.24) is 0 Å². The van der Waals surface area contributed by atoms with E-state index in [9.17, 15) is 14.9 Å². The van der Waals surface area contributed by atoms with Crippen LogP contribution in [0.4, 0.5) is 17.1 Å². The molecule has 0 aliphatic carbocycles. The van der Waals surface area contributed by atoms with E-state index >= 15 is 0 Å². The van der Waals surface area contributed by atoms with E-state index in [0.717, 1.165) is 50.7 Å². The van der Waals surface area contributed by atoms with E-state index in [1.165, 1.54) is 12.1 Å². The Kier molecular flexibility index (Phi) is 12.6. The molecule has 0 aliphatic rings. The van der Waals surface area contributed by atoms with Gasteiger partial charge in [0.15, 0.2) is 0 Å². The summed E-state index contributed by atoms with van der Waals surface area (Å²) in [6.07, 6.45) is 6.61. The van der Waals surface area contributed by atoms with Crippen molar-refractivity contribution in [2.24, 2.45) is 27.0 Å². The van der Waals surface area contributed by atoms with Crippen LogP contribution in [-0.4, -0.2) is 24.1 Å². The monoisotopic (exact) mass is 539 g/mol. The van der Waals surface area contributed by atoms with Crippen LogP contribution in [-0.2, 0) is 9.53 Å². The van der Waals surface area contributed by atoms with Gasteiger partial charge in [-0.2, -0.15) is 10.2 Å². The lowest BCUT2D eigenvalue weighted by Crippen LogP contribution is -2.35. The molecule has 8 heteroatoms. The summed E-state index contributed by atoms with van der Waals surface area (Å²) in [5.41, 5.74) is 1.27.